The molecule has 124 valence electrons. The number of phenolic OH excluding ortho intramolecular Hbond substituents is 2. The van der Waals surface area contributed by atoms with E-state index in [0.29, 0.717) is 5.56 Å². The summed E-state index contributed by atoms with van der Waals surface area (Å²) >= 11 is 0. The third kappa shape index (κ3) is 2.72. The number of benzene rings is 2. The first-order chi connectivity index (χ1) is 11.5. The Bertz CT molecular complexity index is 782. The van der Waals surface area contributed by atoms with Crippen LogP contribution in [0.15, 0.2) is 42.5 Å². The molecule has 6 heteroatoms. The highest BCUT2D eigenvalue weighted by Gasteiger charge is 2.45. The first-order valence-corrected chi connectivity index (χ1v) is 7.25. The number of ether oxygens (including phenoxy) is 2. The Hall–Kier alpha value is -3.20. The van der Waals surface area contributed by atoms with Crippen LogP contribution in [0.5, 0.6) is 17.2 Å². The molecule has 2 aromatic carbocycles. The summed E-state index contributed by atoms with van der Waals surface area (Å²) in [4.78, 5) is 12.7. The van der Waals surface area contributed by atoms with Crippen LogP contribution in [-0.4, -0.2) is 29.9 Å². The molecule has 2 aromatic rings. The van der Waals surface area contributed by atoms with Gasteiger partial charge in [-0.25, -0.2) is 4.79 Å². The lowest BCUT2D eigenvalue weighted by Gasteiger charge is -2.26. The monoisotopic (exact) mass is 327 g/mol. The minimum atomic E-state index is -1.80. The van der Waals surface area contributed by atoms with E-state index in [2.05, 4.69) is 0 Å². The second-order valence-corrected chi connectivity index (χ2v) is 4.99. The van der Waals surface area contributed by atoms with Crippen molar-refractivity contribution in [2.75, 3.05) is 13.7 Å². The highest BCUT2D eigenvalue weighted by atomic mass is 16.5. The second-order valence-electron chi connectivity index (χ2n) is 4.99. The molecular formula is C18H17NO5. The third-order valence-electron chi connectivity index (χ3n) is 3.66. The summed E-state index contributed by atoms with van der Waals surface area (Å²) in [6, 6.07) is 12.9. The number of hydrogen-bond acceptors (Lipinski definition) is 6. The van der Waals surface area contributed by atoms with E-state index in [-0.39, 0.29) is 17.9 Å². The number of nitriles is 1. The molecule has 0 aliphatic rings. The molecule has 0 saturated heterocycles. The second kappa shape index (κ2) is 6.92. The standard InChI is InChI=1S/C18H17NO5/c1-3-24-17(22)18(11-19,12-7-5-4-6-8-12)13-9-14(20)16(21)15(10-13)23-2/h4-10,20-21H,3H2,1-2H3. The van der Waals surface area contributed by atoms with E-state index in [1.165, 1.54) is 13.2 Å². The number of hydrogen-bond donors (Lipinski definition) is 2. The Morgan fingerprint density at radius 2 is 1.88 bits per heavy atom. The van der Waals surface area contributed by atoms with E-state index in [0.717, 1.165) is 6.07 Å². The molecule has 0 fully saturated rings. The molecule has 2 N–H and O–H groups in total. The van der Waals surface area contributed by atoms with Gasteiger partial charge in [-0.05, 0) is 30.2 Å². The zero-order valence-corrected chi connectivity index (χ0v) is 13.3. The Labute approximate surface area is 139 Å². The van der Waals surface area contributed by atoms with Gasteiger partial charge in [0.1, 0.15) is 0 Å². The summed E-state index contributed by atoms with van der Waals surface area (Å²) in [6.07, 6.45) is 0. The van der Waals surface area contributed by atoms with Gasteiger partial charge < -0.3 is 19.7 Å². The first kappa shape index (κ1) is 17.2. The molecule has 0 radical (unpaired) electrons. The predicted molar refractivity (Wildman–Crippen MR) is 85.8 cm³/mol. The summed E-state index contributed by atoms with van der Waals surface area (Å²) in [5.74, 6) is -1.79. The van der Waals surface area contributed by atoms with Crippen molar-refractivity contribution in [1.82, 2.24) is 0 Å². The lowest BCUT2D eigenvalue weighted by atomic mass is 9.75. The van der Waals surface area contributed by atoms with E-state index in [1.54, 1.807) is 37.3 Å². The van der Waals surface area contributed by atoms with Crippen LogP contribution >= 0.6 is 0 Å². The van der Waals surface area contributed by atoms with Crippen LogP contribution in [0.3, 0.4) is 0 Å². The van der Waals surface area contributed by atoms with Gasteiger partial charge in [-0.15, -0.1) is 0 Å². The van der Waals surface area contributed by atoms with Crippen LogP contribution in [0.4, 0.5) is 0 Å². The highest BCUT2D eigenvalue weighted by Crippen LogP contribution is 2.42. The molecule has 0 amide bonds. The van der Waals surface area contributed by atoms with Gasteiger partial charge in [-0.2, -0.15) is 5.26 Å². The van der Waals surface area contributed by atoms with Crippen LogP contribution < -0.4 is 4.74 Å². The summed E-state index contributed by atoms with van der Waals surface area (Å²) in [5.41, 5.74) is -1.27. The molecule has 0 saturated carbocycles. The van der Waals surface area contributed by atoms with Crippen molar-refractivity contribution in [3.63, 3.8) is 0 Å². The van der Waals surface area contributed by atoms with Crippen LogP contribution in [0.2, 0.25) is 0 Å². The van der Waals surface area contributed by atoms with Crippen LogP contribution in [0.25, 0.3) is 0 Å². The van der Waals surface area contributed by atoms with E-state index in [4.69, 9.17) is 9.47 Å². The lowest BCUT2D eigenvalue weighted by molar-refractivity contribution is -0.146. The summed E-state index contributed by atoms with van der Waals surface area (Å²) in [7, 11) is 1.30. The fraction of sp³-hybridized carbons (Fsp3) is 0.222. The Balaban J connectivity index is 2.79. The lowest BCUT2D eigenvalue weighted by Crippen LogP contribution is -2.37. The smallest absolute Gasteiger partial charge is 0.335 e. The molecule has 24 heavy (non-hydrogen) atoms. The topological polar surface area (TPSA) is 99.8 Å². The number of carbonyl (C=O) groups is 1. The molecule has 1 unspecified atom stereocenters. The van der Waals surface area contributed by atoms with Crippen molar-refractivity contribution < 1.29 is 24.5 Å². The molecule has 2 rings (SSSR count). The first-order valence-electron chi connectivity index (χ1n) is 7.25. The maximum atomic E-state index is 12.7. The van der Waals surface area contributed by atoms with Crippen molar-refractivity contribution in [3.05, 3.63) is 53.6 Å². The van der Waals surface area contributed by atoms with E-state index < -0.39 is 22.9 Å². The van der Waals surface area contributed by atoms with Crippen LogP contribution in [-0.2, 0) is 14.9 Å². The van der Waals surface area contributed by atoms with Gasteiger partial charge in [0, 0.05) is 0 Å². The predicted octanol–water partition coefficient (Wildman–Crippen LogP) is 2.48. The van der Waals surface area contributed by atoms with Crippen molar-refractivity contribution in [3.8, 4) is 23.3 Å². The average molecular weight is 327 g/mol. The van der Waals surface area contributed by atoms with E-state index in [1.807, 2.05) is 6.07 Å². The number of phenols is 2. The van der Waals surface area contributed by atoms with Gasteiger partial charge in [0.05, 0.1) is 19.8 Å². The molecule has 1 atom stereocenters. The van der Waals surface area contributed by atoms with Gasteiger partial charge >= 0.3 is 5.97 Å². The molecule has 0 aromatic heterocycles. The van der Waals surface area contributed by atoms with Gasteiger partial charge in [0.2, 0.25) is 11.2 Å². The van der Waals surface area contributed by atoms with Gasteiger partial charge in [0.25, 0.3) is 0 Å². The average Bonchev–Trinajstić information content (AvgIpc) is 2.60. The van der Waals surface area contributed by atoms with Crippen LogP contribution in [0.1, 0.15) is 18.1 Å². The maximum absolute atomic E-state index is 12.7. The molecule has 0 bridgehead atoms. The SMILES string of the molecule is CCOC(=O)C(C#N)(c1ccccc1)c1cc(O)c(O)c(OC)c1. The van der Waals surface area contributed by atoms with Crippen molar-refractivity contribution in [1.29, 1.82) is 5.26 Å². The Morgan fingerprint density at radius 1 is 1.21 bits per heavy atom. The summed E-state index contributed by atoms with van der Waals surface area (Å²) < 4.78 is 10.1. The fourth-order valence-corrected chi connectivity index (χ4v) is 2.47. The minimum Gasteiger partial charge on any atom is -0.504 e. The number of nitrogens with zero attached hydrogens (tertiary/aromatic N) is 1. The molecular weight excluding hydrogens is 310 g/mol. The fourth-order valence-electron chi connectivity index (χ4n) is 2.47. The summed E-state index contributed by atoms with van der Waals surface area (Å²) in [5, 5.41) is 29.6. The quantitative estimate of drug-likeness (QED) is 0.646. The maximum Gasteiger partial charge on any atom is 0.335 e. The van der Waals surface area contributed by atoms with E-state index >= 15 is 0 Å². The number of aromatic hydroxyl groups is 2. The minimum absolute atomic E-state index is 0.0511. The molecule has 6 nitrogen and oxygen atoms in total. The summed E-state index contributed by atoms with van der Waals surface area (Å²) in [6.45, 7) is 1.73. The number of esters is 1. The van der Waals surface area contributed by atoms with Gasteiger partial charge in [0.15, 0.2) is 11.5 Å². The largest absolute Gasteiger partial charge is 0.504 e. The molecule has 0 aliphatic heterocycles. The van der Waals surface area contributed by atoms with Gasteiger partial charge in [-0.1, -0.05) is 30.3 Å². The van der Waals surface area contributed by atoms with E-state index in [9.17, 15) is 20.3 Å². The van der Waals surface area contributed by atoms with Crippen molar-refractivity contribution >= 4 is 5.97 Å². The molecule has 0 heterocycles. The van der Waals surface area contributed by atoms with Crippen molar-refractivity contribution in [2.45, 2.75) is 12.3 Å². The number of carbonyl (C=O) groups excluding carboxylic acids is 1. The number of rotatable bonds is 5. The highest BCUT2D eigenvalue weighted by molar-refractivity contribution is 5.92. The zero-order chi connectivity index (χ0) is 17.7. The Morgan fingerprint density at radius 3 is 2.42 bits per heavy atom. The van der Waals surface area contributed by atoms with Crippen molar-refractivity contribution in [2.24, 2.45) is 0 Å². The van der Waals surface area contributed by atoms with Gasteiger partial charge in [-0.3, -0.25) is 0 Å². The molecule has 0 aliphatic carbocycles. The third-order valence-corrected chi connectivity index (χ3v) is 3.66. The molecule has 0 spiro atoms. The number of methoxy groups -OCH3 is 1. The zero-order valence-electron chi connectivity index (χ0n) is 13.3. The normalized spacial score (nSPS) is 12.7. The van der Waals surface area contributed by atoms with Crippen LogP contribution in [0, 0.1) is 11.3 Å². The Kier molecular flexibility index (Phi) is 4.95.